The minimum Gasteiger partial charge on any atom is -0.490 e. The van der Waals surface area contributed by atoms with E-state index in [1.54, 1.807) is 12.1 Å². The molecule has 6 nitrogen and oxygen atoms in total. The first-order valence-corrected chi connectivity index (χ1v) is 8.81. The number of hydrogen-bond acceptors (Lipinski definition) is 5. The second kappa shape index (κ2) is 9.15. The van der Waals surface area contributed by atoms with Crippen molar-refractivity contribution in [3.63, 3.8) is 0 Å². The van der Waals surface area contributed by atoms with Crippen LogP contribution in [0.1, 0.15) is 29.8 Å². The minimum absolute atomic E-state index is 0.0534. The second-order valence-electron chi connectivity index (χ2n) is 5.20. The molecule has 0 aliphatic rings. The summed E-state index contributed by atoms with van der Waals surface area (Å²) < 4.78 is 11.9. The maximum atomic E-state index is 12.2. The topological polar surface area (TPSA) is 78.7 Å². The van der Waals surface area contributed by atoms with Crippen LogP contribution < -0.4 is 9.47 Å². The van der Waals surface area contributed by atoms with Gasteiger partial charge in [0.15, 0.2) is 17.3 Å². The summed E-state index contributed by atoms with van der Waals surface area (Å²) in [4.78, 5) is 22.4. The fourth-order valence-electron chi connectivity index (χ4n) is 2.25. The van der Waals surface area contributed by atoms with Crippen LogP contribution >= 0.6 is 15.9 Å². The number of hydrogen-bond donors (Lipinski definition) is 0. The number of ketones is 1. The summed E-state index contributed by atoms with van der Waals surface area (Å²) >= 11 is 3.45. The quantitative estimate of drug-likeness (QED) is 0.258. The van der Waals surface area contributed by atoms with E-state index in [4.69, 9.17) is 9.47 Å². The highest BCUT2D eigenvalue weighted by Gasteiger charge is 2.12. The molecule has 0 radical (unpaired) electrons. The Morgan fingerprint density at radius 1 is 1.15 bits per heavy atom. The zero-order valence-electron chi connectivity index (χ0n) is 14.4. The minimum atomic E-state index is -0.503. The van der Waals surface area contributed by atoms with Crippen LogP contribution in [0.15, 0.2) is 46.9 Å². The molecule has 0 N–H and O–H groups in total. The third kappa shape index (κ3) is 4.92. The molecular weight excluding hydrogens is 402 g/mol. The number of rotatable bonds is 8. The van der Waals surface area contributed by atoms with Crippen molar-refractivity contribution in [2.75, 3.05) is 13.2 Å². The number of carbonyl (C=O) groups is 1. The van der Waals surface area contributed by atoms with Crippen LogP contribution in [0.5, 0.6) is 11.5 Å². The van der Waals surface area contributed by atoms with Gasteiger partial charge in [0.1, 0.15) is 0 Å². The van der Waals surface area contributed by atoms with E-state index in [0.29, 0.717) is 30.3 Å². The van der Waals surface area contributed by atoms with Crippen LogP contribution in [0, 0.1) is 10.1 Å². The zero-order valence-corrected chi connectivity index (χ0v) is 16.0. The van der Waals surface area contributed by atoms with E-state index < -0.39 is 4.92 Å². The van der Waals surface area contributed by atoms with Gasteiger partial charge in [-0.25, -0.2) is 0 Å². The predicted molar refractivity (Wildman–Crippen MR) is 103 cm³/mol. The summed E-state index contributed by atoms with van der Waals surface area (Å²) in [5, 5.41) is 10.7. The molecule has 0 saturated heterocycles. The van der Waals surface area contributed by atoms with Crippen molar-refractivity contribution >= 4 is 33.5 Å². The third-order valence-electron chi connectivity index (χ3n) is 3.41. The highest BCUT2D eigenvalue weighted by molar-refractivity contribution is 9.10. The molecule has 0 amide bonds. The Balaban J connectivity index is 2.23. The summed E-state index contributed by atoms with van der Waals surface area (Å²) in [6.07, 6.45) is 3.08. The molecule has 26 heavy (non-hydrogen) atoms. The lowest BCUT2D eigenvalue weighted by atomic mass is 10.1. The molecule has 0 heterocycles. The van der Waals surface area contributed by atoms with Gasteiger partial charge >= 0.3 is 0 Å². The van der Waals surface area contributed by atoms with Gasteiger partial charge in [-0.15, -0.1) is 0 Å². The van der Waals surface area contributed by atoms with E-state index in [1.807, 2.05) is 19.9 Å². The van der Waals surface area contributed by atoms with Crippen molar-refractivity contribution in [2.24, 2.45) is 0 Å². The maximum absolute atomic E-state index is 12.2. The first-order chi connectivity index (χ1) is 12.5. The van der Waals surface area contributed by atoms with Gasteiger partial charge in [0.2, 0.25) is 0 Å². The third-order valence-corrected chi connectivity index (χ3v) is 4.00. The van der Waals surface area contributed by atoms with Crippen LogP contribution in [0.2, 0.25) is 0 Å². The number of benzene rings is 2. The van der Waals surface area contributed by atoms with E-state index in [9.17, 15) is 14.9 Å². The molecule has 0 unspecified atom stereocenters. The van der Waals surface area contributed by atoms with E-state index in [0.717, 1.165) is 10.0 Å². The Morgan fingerprint density at radius 2 is 1.81 bits per heavy atom. The first kappa shape index (κ1) is 19.7. The van der Waals surface area contributed by atoms with Crippen molar-refractivity contribution in [2.45, 2.75) is 13.8 Å². The van der Waals surface area contributed by atoms with Crippen LogP contribution in [-0.2, 0) is 0 Å². The molecule has 136 valence electrons. The van der Waals surface area contributed by atoms with Gasteiger partial charge in [-0.3, -0.25) is 14.9 Å². The summed E-state index contributed by atoms with van der Waals surface area (Å²) in [7, 11) is 0. The maximum Gasteiger partial charge on any atom is 0.269 e. The number of nitro benzene ring substituents is 1. The van der Waals surface area contributed by atoms with Gasteiger partial charge in [0.05, 0.1) is 22.6 Å². The van der Waals surface area contributed by atoms with Crippen molar-refractivity contribution in [3.8, 4) is 11.5 Å². The number of carbonyl (C=O) groups excluding carboxylic acids is 1. The van der Waals surface area contributed by atoms with E-state index >= 15 is 0 Å². The number of non-ortho nitro benzene ring substituents is 1. The fraction of sp³-hybridized carbons (Fsp3) is 0.211. The van der Waals surface area contributed by atoms with E-state index in [2.05, 4.69) is 15.9 Å². The van der Waals surface area contributed by atoms with Crippen LogP contribution in [-0.4, -0.2) is 23.9 Å². The molecule has 0 saturated carbocycles. The van der Waals surface area contributed by atoms with Gasteiger partial charge < -0.3 is 9.47 Å². The molecule has 2 aromatic carbocycles. The number of ether oxygens (including phenoxy) is 2. The summed E-state index contributed by atoms with van der Waals surface area (Å²) in [5.74, 6) is 0.960. The Bertz CT molecular complexity index is 831. The number of nitro groups is 1. The highest BCUT2D eigenvalue weighted by Crippen LogP contribution is 2.37. The zero-order chi connectivity index (χ0) is 19.1. The lowest BCUT2D eigenvalue weighted by Gasteiger charge is -2.13. The number of halogens is 1. The smallest absolute Gasteiger partial charge is 0.269 e. The molecule has 0 fully saturated rings. The lowest BCUT2D eigenvalue weighted by Crippen LogP contribution is -2.00. The standard InChI is InChI=1S/C19H18BrNO5/c1-3-25-18-12-13(11-16(20)19(18)26-4-2)5-10-17(22)14-6-8-15(9-7-14)21(23)24/h5-12H,3-4H2,1-2H3. The molecule has 0 aliphatic heterocycles. The van der Waals surface area contributed by atoms with Gasteiger partial charge in [-0.05, 0) is 65.7 Å². The largest absolute Gasteiger partial charge is 0.490 e. The van der Waals surface area contributed by atoms with Gasteiger partial charge in [0, 0.05) is 17.7 Å². The monoisotopic (exact) mass is 419 g/mol. The van der Waals surface area contributed by atoms with E-state index in [1.165, 1.54) is 30.3 Å². The fourth-order valence-corrected chi connectivity index (χ4v) is 2.82. The molecule has 2 aromatic rings. The molecular formula is C19H18BrNO5. The van der Waals surface area contributed by atoms with Crippen molar-refractivity contribution in [1.29, 1.82) is 0 Å². The highest BCUT2D eigenvalue weighted by atomic mass is 79.9. The van der Waals surface area contributed by atoms with Crippen LogP contribution in [0.4, 0.5) is 5.69 Å². The Labute approximate surface area is 159 Å². The lowest BCUT2D eigenvalue weighted by molar-refractivity contribution is -0.384. The van der Waals surface area contributed by atoms with Crippen LogP contribution in [0.25, 0.3) is 6.08 Å². The SMILES string of the molecule is CCOc1cc(C=CC(=O)c2ccc([N+](=O)[O-])cc2)cc(Br)c1OCC. The van der Waals surface area contributed by atoms with E-state index in [-0.39, 0.29) is 11.5 Å². The van der Waals surface area contributed by atoms with Crippen LogP contribution in [0.3, 0.4) is 0 Å². The number of nitrogens with zero attached hydrogens (tertiary/aromatic N) is 1. The normalized spacial score (nSPS) is 10.7. The molecule has 0 atom stereocenters. The molecule has 0 bridgehead atoms. The second-order valence-corrected chi connectivity index (χ2v) is 6.05. The van der Waals surface area contributed by atoms with Crippen molar-refractivity contribution < 1.29 is 19.2 Å². The van der Waals surface area contributed by atoms with Crippen molar-refractivity contribution in [1.82, 2.24) is 0 Å². The molecule has 0 spiro atoms. The molecule has 2 rings (SSSR count). The Kier molecular flexibility index (Phi) is 6.91. The predicted octanol–water partition coefficient (Wildman–Crippen LogP) is 5.05. The van der Waals surface area contributed by atoms with Gasteiger partial charge in [-0.1, -0.05) is 6.08 Å². The Morgan fingerprint density at radius 3 is 2.38 bits per heavy atom. The van der Waals surface area contributed by atoms with Gasteiger partial charge in [0.25, 0.3) is 5.69 Å². The average molecular weight is 420 g/mol. The summed E-state index contributed by atoms with van der Waals surface area (Å²) in [6.45, 7) is 4.76. The molecule has 7 heteroatoms. The van der Waals surface area contributed by atoms with Gasteiger partial charge in [-0.2, -0.15) is 0 Å². The average Bonchev–Trinajstić information content (AvgIpc) is 2.62. The Hall–Kier alpha value is -2.67. The summed E-state index contributed by atoms with van der Waals surface area (Å²) in [5.41, 5.74) is 1.09. The molecule has 0 aromatic heterocycles. The van der Waals surface area contributed by atoms with Crippen molar-refractivity contribution in [3.05, 3.63) is 68.2 Å². The summed E-state index contributed by atoms with van der Waals surface area (Å²) in [6, 6.07) is 9.10. The number of allylic oxidation sites excluding steroid dienone is 1. The molecule has 0 aliphatic carbocycles. The first-order valence-electron chi connectivity index (χ1n) is 8.02.